The van der Waals surface area contributed by atoms with Gasteiger partial charge in [-0.2, -0.15) is 0 Å². The minimum Gasteiger partial charge on any atom is -0.467 e. The third kappa shape index (κ3) is 1.61. The predicted molar refractivity (Wildman–Crippen MR) is 59.5 cm³/mol. The Morgan fingerprint density at radius 1 is 1.36 bits per heavy atom. The molecule has 0 bridgehead atoms. The fraction of sp³-hybridized carbons (Fsp3) is 0.273. The van der Waals surface area contributed by atoms with Crippen molar-refractivity contribution in [1.82, 2.24) is 5.32 Å². The molecule has 0 aliphatic heterocycles. The largest absolute Gasteiger partial charge is 0.467 e. The van der Waals surface area contributed by atoms with Crippen molar-refractivity contribution < 1.29 is 4.42 Å². The van der Waals surface area contributed by atoms with E-state index >= 15 is 0 Å². The smallest absolute Gasteiger partial charge is 0.125 e. The molecule has 2 rings (SSSR count). The number of aryl methyl sites for hydroxylation is 1. The lowest BCUT2D eigenvalue weighted by molar-refractivity contribution is 0.497. The zero-order valence-electron chi connectivity index (χ0n) is 8.33. The summed E-state index contributed by atoms with van der Waals surface area (Å²) >= 11 is 1.77. The number of furan rings is 1. The summed E-state index contributed by atoms with van der Waals surface area (Å²) in [5.41, 5.74) is 2.49. The van der Waals surface area contributed by atoms with E-state index in [1.807, 2.05) is 13.1 Å². The molecule has 0 spiro atoms. The first-order valence-corrected chi connectivity index (χ1v) is 5.46. The molecule has 0 aliphatic rings. The van der Waals surface area contributed by atoms with Crippen molar-refractivity contribution in [3.8, 4) is 11.1 Å². The second-order valence-corrected chi connectivity index (χ2v) is 4.30. The van der Waals surface area contributed by atoms with Crippen LogP contribution in [0.2, 0.25) is 0 Å². The summed E-state index contributed by atoms with van der Waals surface area (Å²) < 4.78 is 5.43. The van der Waals surface area contributed by atoms with Crippen LogP contribution in [0, 0.1) is 6.92 Å². The van der Waals surface area contributed by atoms with Crippen molar-refractivity contribution in [2.24, 2.45) is 0 Å². The molecule has 0 saturated carbocycles. The molecule has 1 N–H and O–H groups in total. The van der Waals surface area contributed by atoms with Gasteiger partial charge >= 0.3 is 0 Å². The maximum atomic E-state index is 5.43. The molecule has 0 aromatic carbocycles. The van der Waals surface area contributed by atoms with Crippen LogP contribution >= 0.6 is 11.3 Å². The summed E-state index contributed by atoms with van der Waals surface area (Å²) in [4.78, 5) is 1.34. The zero-order valence-corrected chi connectivity index (χ0v) is 9.15. The molecule has 0 unspecified atom stereocenters. The average molecular weight is 207 g/mol. The third-order valence-corrected chi connectivity index (χ3v) is 3.08. The molecule has 14 heavy (non-hydrogen) atoms. The molecule has 3 heteroatoms. The van der Waals surface area contributed by atoms with Gasteiger partial charge in [0, 0.05) is 10.4 Å². The third-order valence-electron chi connectivity index (χ3n) is 2.23. The van der Waals surface area contributed by atoms with Crippen LogP contribution in [-0.4, -0.2) is 7.05 Å². The minimum absolute atomic E-state index is 0.775. The van der Waals surface area contributed by atoms with E-state index < -0.39 is 0 Å². The van der Waals surface area contributed by atoms with Gasteiger partial charge in [-0.05, 0) is 37.0 Å². The molecule has 2 aromatic rings. The Labute approximate surface area is 87.6 Å². The van der Waals surface area contributed by atoms with Crippen LogP contribution < -0.4 is 5.32 Å². The molecular weight excluding hydrogens is 194 g/mol. The minimum atomic E-state index is 0.775. The summed E-state index contributed by atoms with van der Waals surface area (Å²) in [5, 5.41) is 5.21. The first-order chi connectivity index (χ1) is 6.83. The fourth-order valence-electron chi connectivity index (χ4n) is 1.54. The van der Waals surface area contributed by atoms with E-state index in [0.717, 1.165) is 12.3 Å². The molecule has 0 radical (unpaired) electrons. The van der Waals surface area contributed by atoms with Gasteiger partial charge < -0.3 is 9.73 Å². The molecule has 0 atom stereocenters. The summed E-state index contributed by atoms with van der Waals surface area (Å²) in [7, 11) is 1.92. The van der Waals surface area contributed by atoms with Crippen LogP contribution in [0.25, 0.3) is 11.1 Å². The van der Waals surface area contributed by atoms with Crippen LogP contribution in [0.3, 0.4) is 0 Å². The number of thiophene rings is 1. The van der Waals surface area contributed by atoms with Crippen molar-refractivity contribution in [2.75, 3.05) is 7.05 Å². The van der Waals surface area contributed by atoms with Gasteiger partial charge in [0.05, 0.1) is 12.8 Å². The van der Waals surface area contributed by atoms with Crippen LogP contribution in [0.1, 0.15) is 10.6 Å². The molecule has 0 amide bonds. The van der Waals surface area contributed by atoms with Gasteiger partial charge in [0.25, 0.3) is 0 Å². The van der Waals surface area contributed by atoms with E-state index in [-0.39, 0.29) is 0 Å². The Kier molecular flexibility index (Phi) is 2.70. The van der Waals surface area contributed by atoms with Gasteiger partial charge in [0.1, 0.15) is 5.76 Å². The standard InChI is InChI=1S/C11H13NOS/c1-8-9(4-6-14-8)10-3-5-13-11(10)7-12-2/h3-6,12H,7H2,1-2H3. The Bertz CT molecular complexity index is 416. The Balaban J connectivity index is 2.41. The number of nitrogens with one attached hydrogen (secondary N) is 1. The lowest BCUT2D eigenvalue weighted by Gasteiger charge is -2.00. The summed E-state index contributed by atoms with van der Waals surface area (Å²) in [6.07, 6.45) is 1.75. The maximum Gasteiger partial charge on any atom is 0.125 e. The molecule has 0 fully saturated rings. The highest BCUT2D eigenvalue weighted by atomic mass is 32.1. The highest BCUT2D eigenvalue weighted by Gasteiger charge is 2.10. The van der Waals surface area contributed by atoms with Crippen molar-refractivity contribution in [3.05, 3.63) is 34.4 Å². The topological polar surface area (TPSA) is 25.2 Å². The average Bonchev–Trinajstić information content (AvgIpc) is 2.74. The molecule has 74 valence electrons. The predicted octanol–water partition coefficient (Wildman–Crippen LogP) is 3.04. The lowest BCUT2D eigenvalue weighted by Crippen LogP contribution is -2.04. The van der Waals surface area contributed by atoms with Crippen LogP contribution in [0.4, 0.5) is 0 Å². The Morgan fingerprint density at radius 3 is 2.86 bits per heavy atom. The van der Waals surface area contributed by atoms with Crippen molar-refractivity contribution in [3.63, 3.8) is 0 Å². The maximum absolute atomic E-state index is 5.43. The number of hydrogen-bond donors (Lipinski definition) is 1. The van der Waals surface area contributed by atoms with Gasteiger partial charge in [-0.25, -0.2) is 0 Å². The summed E-state index contributed by atoms with van der Waals surface area (Å²) in [6, 6.07) is 4.17. The zero-order chi connectivity index (χ0) is 9.97. The van der Waals surface area contributed by atoms with Crippen molar-refractivity contribution >= 4 is 11.3 Å². The van der Waals surface area contributed by atoms with Gasteiger partial charge in [-0.15, -0.1) is 11.3 Å². The summed E-state index contributed by atoms with van der Waals surface area (Å²) in [5.74, 6) is 1.01. The van der Waals surface area contributed by atoms with E-state index in [2.05, 4.69) is 23.7 Å². The first-order valence-electron chi connectivity index (χ1n) is 4.58. The van der Waals surface area contributed by atoms with Crippen LogP contribution in [0.5, 0.6) is 0 Å². The van der Waals surface area contributed by atoms with Gasteiger partial charge in [0.2, 0.25) is 0 Å². The second kappa shape index (κ2) is 3.98. The lowest BCUT2D eigenvalue weighted by atomic mass is 10.1. The monoisotopic (exact) mass is 207 g/mol. The van der Waals surface area contributed by atoms with Crippen LogP contribution in [0.15, 0.2) is 28.2 Å². The number of hydrogen-bond acceptors (Lipinski definition) is 3. The molecule has 2 aromatic heterocycles. The molecule has 2 nitrogen and oxygen atoms in total. The molecule has 0 saturated heterocycles. The quantitative estimate of drug-likeness (QED) is 0.837. The van der Waals surface area contributed by atoms with E-state index in [1.54, 1.807) is 17.6 Å². The first kappa shape index (κ1) is 9.49. The fourth-order valence-corrected chi connectivity index (χ4v) is 2.26. The van der Waals surface area contributed by atoms with Gasteiger partial charge in [-0.1, -0.05) is 0 Å². The normalized spacial score (nSPS) is 10.7. The van der Waals surface area contributed by atoms with Crippen molar-refractivity contribution in [2.45, 2.75) is 13.5 Å². The van der Waals surface area contributed by atoms with Gasteiger partial charge in [-0.3, -0.25) is 0 Å². The van der Waals surface area contributed by atoms with E-state index in [4.69, 9.17) is 4.42 Å². The van der Waals surface area contributed by atoms with Gasteiger partial charge in [0.15, 0.2) is 0 Å². The number of rotatable bonds is 3. The summed E-state index contributed by atoms with van der Waals surface area (Å²) in [6.45, 7) is 2.91. The molecule has 2 heterocycles. The molecule has 0 aliphatic carbocycles. The van der Waals surface area contributed by atoms with Crippen molar-refractivity contribution in [1.29, 1.82) is 0 Å². The molecular formula is C11H13NOS. The Hall–Kier alpha value is -1.06. The van der Waals surface area contributed by atoms with Crippen LogP contribution in [-0.2, 0) is 6.54 Å². The SMILES string of the molecule is CNCc1occc1-c1ccsc1C. The van der Waals surface area contributed by atoms with E-state index in [0.29, 0.717) is 0 Å². The Morgan fingerprint density at radius 2 is 2.21 bits per heavy atom. The highest BCUT2D eigenvalue weighted by molar-refractivity contribution is 7.10. The van der Waals surface area contributed by atoms with E-state index in [1.165, 1.54) is 16.0 Å². The highest BCUT2D eigenvalue weighted by Crippen LogP contribution is 2.30. The second-order valence-electron chi connectivity index (χ2n) is 3.18. The van der Waals surface area contributed by atoms with E-state index in [9.17, 15) is 0 Å².